The molecule has 0 aliphatic heterocycles. The lowest BCUT2D eigenvalue weighted by Gasteiger charge is -2.43. The summed E-state index contributed by atoms with van der Waals surface area (Å²) in [7, 11) is 0. The van der Waals surface area contributed by atoms with Crippen molar-refractivity contribution in [2.45, 2.75) is 37.5 Å². The van der Waals surface area contributed by atoms with Crippen molar-refractivity contribution in [1.29, 1.82) is 0 Å². The van der Waals surface area contributed by atoms with Crippen molar-refractivity contribution in [3.63, 3.8) is 0 Å². The van der Waals surface area contributed by atoms with E-state index in [-0.39, 0.29) is 5.41 Å². The Morgan fingerprint density at radius 1 is 0.556 bits per heavy atom. The zero-order chi connectivity index (χ0) is 35.8. The van der Waals surface area contributed by atoms with E-state index in [4.69, 9.17) is 0 Å². The third-order valence-electron chi connectivity index (χ3n) is 13.6. The molecule has 54 heavy (non-hydrogen) atoms. The highest BCUT2D eigenvalue weighted by molar-refractivity contribution is 6.09. The summed E-state index contributed by atoms with van der Waals surface area (Å²) < 4.78 is 2.44. The van der Waals surface area contributed by atoms with Crippen molar-refractivity contribution in [2.75, 3.05) is 4.90 Å². The molecule has 3 saturated carbocycles. The lowest BCUT2D eigenvalue weighted by Crippen LogP contribution is -2.34. The minimum Gasteiger partial charge on any atom is -0.310 e. The van der Waals surface area contributed by atoms with E-state index in [9.17, 15) is 0 Å². The first-order valence-corrected chi connectivity index (χ1v) is 19.9. The predicted molar refractivity (Wildman–Crippen MR) is 227 cm³/mol. The molecule has 8 aromatic rings. The van der Waals surface area contributed by atoms with Crippen LogP contribution in [-0.2, 0) is 5.41 Å². The van der Waals surface area contributed by atoms with Gasteiger partial charge in [0.2, 0.25) is 0 Å². The number of nitrogens with zero attached hydrogens (tertiary/aromatic N) is 2. The van der Waals surface area contributed by atoms with Crippen LogP contribution in [0, 0.1) is 23.7 Å². The number of benzene rings is 7. The molecule has 1 heterocycles. The topological polar surface area (TPSA) is 8.17 Å². The van der Waals surface area contributed by atoms with E-state index in [1.807, 2.05) is 0 Å². The van der Waals surface area contributed by atoms with Crippen LogP contribution >= 0.6 is 0 Å². The summed E-state index contributed by atoms with van der Waals surface area (Å²) in [5, 5.41) is 5.05. The second-order valence-corrected chi connectivity index (χ2v) is 16.4. The van der Waals surface area contributed by atoms with Crippen LogP contribution in [0.25, 0.3) is 49.4 Å². The standard InChI is InChI=1S/C52H44N2/c1-2-35-28-39-29-40-33-52(32-35,34-48(39)40)41-23-26-42(27-24-41)53(44-25-22-36-12-3-4-13-37(36)30-44)43-15-11-14-38(31-43)45-16-5-8-19-49(45)54-50-20-9-6-17-46(50)47-18-7-10-21-51(47)54/h2-27,30-31,35,39-40,48H,1,28-29,32-34H2/t35-,39-,40-,48?,52?/m0/s1. The first-order valence-electron chi connectivity index (χ1n) is 19.9. The van der Waals surface area contributed by atoms with Gasteiger partial charge in [0.05, 0.1) is 16.7 Å². The molecule has 0 spiro atoms. The summed E-state index contributed by atoms with van der Waals surface area (Å²) in [6, 6.07) is 60.8. The third-order valence-corrected chi connectivity index (χ3v) is 13.6. The zero-order valence-electron chi connectivity index (χ0n) is 30.6. The third kappa shape index (κ3) is 4.93. The van der Waals surface area contributed by atoms with E-state index in [2.05, 4.69) is 186 Å². The van der Waals surface area contributed by atoms with Gasteiger partial charge in [-0.05, 0) is 138 Å². The normalized spacial score (nSPS) is 23.0. The number of allylic oxidation sites excluding steroid dienone is 1. The fourth-order valence-electron chi connectivity index (χ4n) is 11.1. The van der Waals surface area contributed by atoms with Crippen LogP contribution in [0.4, 0.5) is 17.1 Å². The number of fused-ring (bicyclic) bond motifs is 5. The maximum absolute atomic E-state index is 4.28. The molecule has 2 unspecified atom stereocenters. The lowest BCUT2D eigenvalue weighted by molar-refractivity contribution is 0.0822. The van der Waals surface area contributed by atoms with Crippen molar-refractivity contribution in [3.8, 4) is 16.8 Å². The average molecular weight is 697 g/mol. The van der Waals surface area contributed by atoms with Gasteiger partial charge >= 0.3 is 0 Å². The van der Waals surface area contributed by atoms with Crippen molar-refractivity contribution in [3.05, 3.63) is 182 Å². The smallest absolute Gasteiger partial charge is 0.0541 e. The molecule has 1 aromatic heterocycles. The summed E-state index contributed by atoms with van der Waals surface area (Å²) >= 11 is 0. The van der Waals surface area contributed by atoms with E-state index >= 15 is 0 Å². The van der Waals surface area contributed by atoms with E-state index in [0.29, 0.717) is 5.92 Å². The van der Waals surface area contributed by atoms with Crippen LogP contribution in [0.15, 0.2) is 176 Å². The van der Waals surface area contributed by atoms with Gasteiger partial charge in [-0.15, -0.1) is 6.58 Å². The summed E-state index contributed by atoms with van der Waals surface area (Å²) in [4.78, 5) is 2.45. The molecule has 2 bridgehead atoms. The summed E-state index contributed by atoms with van der Waals surface area (Å²) in [5.74, 6) is 3.38. The highest BCUT2D eigenvalue weighted by Crippen LogP contribution is 2.65. The van der Waals surface area contributed by atoms with Gasteiger partial charge in [-0.1, -0.05) is 115 Å². The molecule has 5 atom stereocenters. The van der Waals surface area contributed by atoms with Crippen LogP contribution < -0.4 is 4.90 Å². The van der Waals surface area contributed by atoms with Crippen LogP contribution in [0.5, 0.6) is 0 Å². The minimum atomic E-state index is 0.280. The Morgan fingerprint density at radius 2 is 1.24 bits per heavy atom. The Balaban J connectivity index is 1.04. The molecule has 262 valence electrons. The number of rotatable bonds is 7. The molecule has 0 N–H and O–H groups in total. The summed E-state index contributed by atoms with van der Waals surface area (Å²) in [5.41, 5.74) is 11.3. The fraction of sp³-hybridized carbons (Fsp3) is 0.192. The molecular formula is C52H44N2. The van der Waals surface area contributed by atoms with Gasteiger partial charge in [0.25, 0.3) is 0 Å². The molecule has 2 nitrogen and oxygen atoms in total. The van der Waals surface area contributed by atoms with Crippen LogP contribution in [0.2, 0.25) is 0 Å². The van der Waals surface area contributed by atoms with Crippen LogP contribution in [-0.4, -0.2) is 4.57 Å². The Hall–Kier alpha value is -5.86. The van der Waals surface area contributed by atoms with Crippen LogP contribution in [0.1, 0.15) is 37.7 Å². The average Bonchev–Trinajstić information content (AvgIpc) is 3.66. The zero-order valence-corrected chi connectivity index (χ0v) is 30.6. The van der Waals surface area contributed by atoms with E-state index in [1.165, 1.54) is 92.7 Å². The van der Waals surface area contributed by atoms with E-state index < -0.39 is 0 Å². The quantitative estimate of drug-likeness (QED) is 0.151. The highest BCUT2D eigenvalue weighted by Gasteiger charge is 2.57. The first kappa shape index (κ1) is 31.6. The van der Waals surface area contributed by atoms with Crippen molar-refractivity contribution in [2.24, 2.45) is 23.7 Å². The van der Waals surface area contributed by atoms with Gasteiger partial charge in [-0.3, -0.25) is 0 Å². The van der Waals surface area contributed by atoms with Crippen LogP contribution in [0.3, 0.4) is 0 Å². The highest BCUT2D eigenvalue weighted by atomic mass is 15.1. The summed E-state index contributed by atoms with van der Waals surface area (Å²) in [6.07, 6.45) is 8.99. The first-order chi connectivity index (χ1) is 26.7. The van der Waals surface area contributed by atoms with Gasteiger partial charge in [-0.2, -0.15) is 0 Å². The van der Waals surface area contributed by atoms with Gasteiger partial charge in [-0.25, -0.2) is 0 Å². The molecule has 3 aliphatic rings. The Morgan fingerprint density at radius 3 is 2.04 bits per heavy atom. The molecule has 0 radical (unpaired) electrons. The van der Waals surface area contributed by atoms with Gasteiger partial charge < -0.3 is 9.47 Å². The molecule has 7 aromatic carbocycles. The largest absolute Gasteiger partial charge is 0.310 e. The van der Waals surface area contributed by atoms with Gasteiger partial charge in [0, 0.05) is 33.4 Å². The monoisotopic (exact) mass is 696 g/mol. The summed E-state index contributed by atoms with van der Waals surface area (Å²) in [6.45, 7) is 4.28. The molecule has 11 rings (SSSR count). The SMILES string of the molecule is C=C[C@H]1C[C@H]2C[C@H]3CC(c4ccc(N(c5cccc(-c6ccccc6-n6c7ccccc7c7ccccc76)c5)c5ccc6ccccc6c5)cc4)(CC23)C1. The molecule has 0 amide bonds. The van der Waals surface area contributed by atoms with Gasteiger partial charge in [0.15, 0.2) is 0 Å². The number of hydrogen-bond donors (Lipinski definition) is 0. The Bertz CT molecular complexity index is 2660. The molecular weight excluding hydrogens is 653 g/mol. The predicted octanol–water partition coefficient (Wildman–Crippen LogP) is 14.0. The second-order valence-electron chi connectivity index (χ2n) is 16.4. The van der Waals surface area contributed by atoms with E-state index in [1.54, 1.807) is 0 Å². The number of para-hydroxylation sites is 3. The molecule has 3 fully saturated rings. The maximum Gasteiger partial charge on any atom is 0.0541 e. The molecule has 2 heteroatoms. The molecule has 3 aliphatic carbocycles. The van der Waals surface area contributed by atoms with Crippen molar-refractivity contribution >= 4 is 49.6 Å². The van der Waals surface area contributed by atoms with Crippen molar-refractivity contribution in [1.82, 2.24) is 4.57 Å². The maximum atomic E-state index is 4.28. The number of aromatic nitrogens is 1. The molecule has 0 saturated heterocycles. The minimum absolute atomic E-state index is 0.280. The van der Waals surface area contributed by atoms with Crippen molar-refractivity contribution < 1.29 is 0 Å². The fourth-order valence-corrected chi connectivity index (χ4v) is 11.1. The van der Waals surface area contributed by atoms with E-state index in [0.717, 1.165) is 29.1 Å². The number of anilines is 3. The Labute approximate surface area is 318 Å². The van der Waals surface area contributed by atoms with Gasteiger partial charge in [0.1, 0.15) is 0 Å². The number of hydrogen-bond acceptors (Lipinski definition) is 1. The second kappa shape index (κ2) is 12.4. The Kier molecular flexibility index (Phi) is 7.24. The lowest BCUT2D eigenvalue weighted by atomic mass is 9.62.